The maximum atomic E-state index is 6.00. The molecule has 0 aliphatic rings. The summed E-state index contributed by atoms with van der Waals surface area (Å²) in [5.74, 6) is 0.530. The lowest BCUT2D eigenvalue weighted by Crippen LogP contribution is -2.09. The summed E-state index contributed by atoms with van der Waals surface area (Å²) in [5.41, 5.74) is 1.35. The van der Waals surface area contributed by atoms with E-state index in [9.17, 15) is 0 Å². The van der Waals surface area contributed by atoms with Gasteiger partial charge in [-0.1, -0.05) is 35.0 Å². The number of rotatable bonds is 3. The molecular formula is C11H14BrCl. The van der Waals surface area contributed by atoms with E-state index in [1.54, 1.807) is 0 Å². The summed E-state index contributed by atoms with van der Waals surface area (Å²) in [4.78, 5) is 0. The van der Waals surface area contributed by atoms with Gasteiger partial charge in [-0.15, -0.1) is 11.6 Å². The van der Waals surface area contributed by atoms with Crippen molar-refractivity contribution in [3.63, 3.8) is 0 Å². The monoisotopic (exact) mass is 260 g/mol. The summed E-state index contributed by atoms with van der Waals surface area (Å²) < 4.78 is 1.13. The molecule has 1 rings (SSSR count). The average Bonchev–Trinajstić information content (AvgIpc) is 2.08. The smallest absolute Gasteiger partial charge is 0.0336 e. The van der Waals surface area contributed by atoms with Crippen LogP contribution in [0.1, 0.15) is 19.4 Å². The fourth-order valence-electron chi connectivity index (χ4n) is 1.15. The highest BCUT2D eigenvalue weighted by molar-refractivity contribution is 9.10. The van der Waals surface area contributed by atoms with Crippen molar-refractivity contribution in [2.75, 3.05) is 0 Å². The minimum absolute atomic E-state index is 0.239. The Hall–Kier alpha value is -0.0100. The Morgan fingerprint density at radius 3 is 2.23 bits per heavy atom. The second kappa shape index (κ2) is 5.02. The van der Waals surface area contributed by atoms with Crippen molar-refractivity contribution in [3.8, 4) is 0 Å². The minimum Gasteiger partial charge on any atom is -0.123 e. The van der Waals surface area contributed by atoms with Gasteiger partial charge in [0.15, 0.2) is 0 Å². The van der Waals surface area contributed by atoms with Crippen molar-refractivity contribution >= 4 is 27.5 Å². The molecule has 0 aliphatic heterocycles. The molecule has 0 spiro atoms. The first kappa shape index (κ1) is 11.1. The second-order valence-corrected chi connectivity index (χ2v) is 5.09. The van der Waals surface area contributed by atoms with Crippen molar-refractivity contribution in [2.45, 2.75) is 25.6 Å². The fourth-order valence-corrected chi connectivity index (χ4v) is 1.51. The van der Waals surface area contributed by atoms with Gasteiger partial charge in [0.05, 0.1) is 0 Å². The van der Waals surface area contributed by atoms with Crippen molar-refractivity contribution in [1.29, 1.82) is 0 Å². The normalized spacial score (nSPS) is 15.4. The van der Waals surface area contributed by atoms with E-state index in [-0.39, 0.29) is 5.38 Å². The summed E-state index contributed by atoms with van der Waals surface area (Å²) >= 11 is 9.41. The lowest BCUT2D eigenvalue weighted by molar-refractivity contribution is 0.568. The zero-order valence-electron chi connectivity index (χ0n) is 7.93. The van der Waals surface area contributed by atoms with E-state index in [1.165, 1.54) is 5.56 Å². The van der Waals surface area contributed by atoms with E-state index in [1.807, 2.05) is 6.92 Å². The maximum absolute atomic E-state index is 6.00. The van der Waals surface area contributed by atoms with E-state index in [0.717, 1.165) is 10.9 Å². The Morgan fingerprint density at radius 2 is 1.77 bits per heavy atom. The topological polar surface area (TPSA) is 0 Å². The molecule has 0 saturated carbocycles. The summed E-state index contributed by atoms with van der Waals surface area (Å²) in [6.07, 6.45) is 1.05. The zero-order chi connectivity index (χ0) is 9.84. The Kier molecular flexibility index (Phi) is 4.27. The highest BCUT2D eigenvalue weighted by atomic mass is 79.9. The molecule has 1 aromatic rings. The zero-order valence-corrected chi connectivity index (χ0v) is 10.3. The van der Waals surface area contributed by atoms with Crippen LogP contribution in [-0.4, -0.2) is 5.38 Å². The molecule has 2 heteroatoms. The molecule has 2 unspecified atom stereocenters. The standard InChI is InChI=1S/C11H14BrCl/c1-8(9(2)13)7-10-3-5-11(12)6-4-10/h3-6,8-9H,7H2,1-2H3. The molecular weight excluding hydrogens is 247 g/mol. The van der Waals surface area contributed by atoms with E-state index >= 15 is 0 Å². The minimum atomic E-state index is 0.239. The Bertz CT molecular complexity index is 253. The SMILES string of the molecule is CC(Cl)C(C)Cc1ccc(Br)cc1. The summed E-state index contributed by atoms with van der Waals surface area (Å²) in [7, 11) is 0. The molecule has 0 N–H and O–H groups in total. The van der Waals surface area contributed by atoms with Crippen LogP contribution in [-0.2, 0) is 6.42 Å². The number of hydrogen-bond acceptors (Lipinski definition) is 0. The highest BCUT2D eigenvalue weighted by Gasteiger charge is 2.09. The Morgan fingerprint density at radius 1 is 1.23 bits per heavy atom. The maximum Gasteiger partial charge on any atom is 0.0336 e. The Labute approximate surface area is 93.4 Å². The van der Waals surface area contributed by atoms with E-state index in [4.69, 9.17) is 11.6 Å². The molecule has 2 atom stereocenters. The predicted octanol–water partition coefficient (Wildman–Crippen LogP) is 4.26. The lowest BCUT2D eigenvalue weighted by atomic mass is 9.99. The van der Waals surface area contributed by atoms with Gasteiger partial charge < -0.3 is 0 Å². The van der Waals surface area contributed by atoms with Crippen LogP contribution in [0.2, 0.25) is 0 Å². The van der Waals surface area contributed by atoms with E-state index < -0.39 is 0 Å². The predicted molar refractivity (Wildman–Crippen MR) is 62.3 cm³/mol. The second-order valence-electron chi connectivity index (χ2n) is 3.49. The van der Waals surface area contributed by atoms with Gasteiger partial charge in [-0.3, -0.25) is 0 Å². The molecule has 0 aliphatic carbocycles. The van der Waals surface area contributed by atoms with Gasteiger partial charge in [-0.25, -0.2) is 0 Å². The molecule has 0 heterocycles. The van der Waals surface area contributed by atoms with Crippen molar-refractivity contribution in [2.24, 2.45) is 5.92 Å². The largest absolute Gasteiger partial charge is 0.123 e. The summed E-state index contributed by atoms with van der Waals surface area (Å²) in [5, 5.41) is 0.239. The quantitative estimate of drug-likeness (QED) is 0.714. The highest BCUT2D eigenvalue weighted by Crippen LogP contribution is 2.17. The molecule has 0 aromatic heterocycles. The first-order valence-corrected chi connectivity index (χ1v) is 5.71. The molecule has 1 aromatic carbocycles. The van der Waals surface area contributed by atoms with Crippen LogP contribution < -0.4 is 0 Å². The first-order valence-electron chi connectivity index (χ1n) is 4.48. The number of hydrogen-bond donors (Lipinski definition) is 0. The van der Waals surface area contributed by atoms with Gasteiger partial charge in [0.1, 0.15) is 0 Å². The summed E-state index contributed by atoms with van der Waals surface area (Å²) in [6.45, 7) is 4.23. The van der Waals surface area contributed by atoms with Gasteiger partial charge >= 0.3 is 0 Å². The van der Waals surface area contributed by atoms with Crippen LogP contribution in [0.3, 0.4) is 0 Å². The van der Waals surface area contributed by atoms with E-state index in [2.05, 4.69) is 47.1 Å². The van der Waals surface area contributed by atoms with Gasteiger partial charge in [0.25, 0.3) is 0 Å². The van der Waals surface area contributed by atoms with Crippen LogP contribution >= 0.6 is 27.5 Å². The van der Waals surface area contributed by atoms with Crippen LogP contribution in [0.5, 0.6) is 0 Å². The first-order chi connectivity index (χ1) is 6.09. The van der Waals surface area contributed by atoms with Gasteiger partial charge in [0.2, 0.25) is 0 Å². The molecule has 0 saturated heterocycles. The molecule has 0 bridgehead atoms. The molecule has 0 fully saturated rings. The van der Waals surface area contributed by atoms with Gasteiger partial charge in [-0.05, 0) is 37.0 Å². The third-order valence-corrected chi connectivity index (χ3v) is 3.21. The number of halogens is 2. The Balaban J connectivity index is 2.59. The van der Waals surface area contributed by atoms with Crippen LogP contribution in [0, 0.1) is 5.92 Å². The van der Waals surface area contributed by atoms with Crippen molar-refractivity contribution in [3.05, 3.63) is 34.3 Å². The molecule has 0 radical (unpaired) electrons. The third-order valence-electron chi connectivity index (χ3n) is 2.26. The van der Waals surface area contributed by atoms with Crippen molar-refractivity contribution < 1.29 is 0 Å². The average molecular weight is 262 g/mol. The van der Waals surface area contributed by atoms with Crippen LogP contribution in [0.4, 0.5) is 0 Å². The van der Waals surface area contributed by atoms with Crippen LogP contribution in [0.15, 0.2) is 28.7 Å². The molecule has 72 valence electrons. The number of benzene rings is 1. The van der Waals surface area contributed by atoms with Crippen molar-refractivity contribution in [1.82, 2.24) is 0 Å². The van der Waals surface area contributed by atoms with Gasteiger partial charge in [0, 0.05) is 9.85 Å². The molecule has 0 amide bonds. The number of alkyl halides is 1. The lowest BCUT2D eigenvalue weighted by Gasteiger charge is -2.13. The molecule has 13 heavy (non-hydrogen) atoms. The van der Waals surface area contributed by atoms with Gasteiger partial charge in [-0.2, -0.15) is 0 Å². The third kappa shape index (κ3) is 3.70. The van der Waals surface area contributed by atoms with E-state index in [0.29, 0.717) is 5.92 Å². The molecule has 0 nitrogen and oxygen atoms in total. The summed E-state index contributed by atoms with van der Waals surface area (Å²) in [6, 6.07) is 8.42. The van der Waals surface area contributed by atoms with Crippen LogP contribution in [0.25, 0.3) is 0 Å². The fraction of sp³-hybridized carbons (Fsp3) is 0.455.